The summed E-state index contributed by atoms with van der Waals surface area (Å²) >= 11 is 0. The molecule has 0 atom stereocenters. The summed E-state index contributed by atoms with van der Waals surface area (Å²) < 4.78 is 41.1. The molecule has 0 spiro atoms. The first-order valence-electron chi connectivity index (χ1n) is 9.42. The number of piperidine rings is 1. The predicted octanol–water partition coefficient (Wildman–Crippen LogP) is 4.08. The van der Waals surface area contributed by atoms with Crippen molar-refractivity contribution in [2.75, 3.05) is 25.1 Å². The van der Waals surface area contributed by atoms with E-state index in [1.165, 1.54) is 24.3 Å². The monoisotopic (exact) mass is 389 g/mol. The average Bonchev–Trinajstić information content (AvgIpc) is 3.13. The Morgan fingerprint density at radius 2 is 1.86 bits per heavy atom. The summed E-state index contributed by atoms with van der Waals surface area (Å²) in [5, 5.41) is 10.9. The molecule has 2 aromatic heterocycles. The summed E-state index contributed by atoms with van der Waals surface area (Å²) in [6, 6.07) is 11.3. The molecular formula is C20H22F3N5. The van der Waals surface area contributed by atoms with Gasteiger partial charge in [-0.05, 0) is 62.5 Å². The summed E-state index contributed by atoms with van der Waals surface area (Å²) in [4.78, 5) is 4.47. The third-order valence-corrected chi connectivity index (χ3v) is 5.13. The van der Waals surface area contributed by atoms with Crippen molar-refractivity contribution in [1.29, 1.82) is 0 Å². The van der Waals surface area contributed by atoms with E-state index >= 15 is 0 Å². The van der Waals surface area contributed by atoms with Crippen LogP contribution in [0.3, 0.4) is 0 Å². The molecule has 1 aliphatic rings. The molecule has 4 rings (SSSR count). The summed E-state index contributed by atoms with van der Waals surface area (Å²) in [5.74, 6) is -2.46. The highest BCUT2D eigenvalue weighted by Gasteiger charge is 2.31. The number of nitrogens with one attached hydrogen (secondary N) is 2. The predicted molar refractivity (Wildman–Crippen MR) is 102 cm³/mol. The number of aromatic nitrogens is 3. The van der Waals surface area contributed by atoms with Gasteiger partial charge in [0.2, 0.25) is 5.95 Å². The molecule has 1 aromatic carbocycles. The Morgan fingerprint density at radius 3 is 2.57 bits per heavy atom. The number of halogens is 3. The van der Waals surface area contributed by atoms with Crippen LogP contribution in [0.15, 0.2) is 42.5 Å². The minimum absolute atomic E-state index is 0.354. The van der Waals surface area contributed by atoms with E-state index in [0.717, 1.165) is 43.7 Å². The van der Waals surface area contributed by atoms with Crippen LogP contribution in [0.1, 0.15) is 24.1 Å². The van der Waals surface area contributed by atoms with Crippen LogP contribution in [-0.4, -0.2) is 34.4 Å². The molecule has 28 heavy (non-hydrogen) atoms. The fourth-order valence-electron chi connectivity index (χ4n) is 3.55. The molecule has 1 saturated heterocycles. The van der Waals surface area contributed by atoms with Gasteiger partial charge >= 0.3 is 5.92 Å². The zero-order valence-electron chi connectivity index (χ0n) is 15.3. The van der Waals surface area contributed by atoms with Gasteiger partial charge in [0.1, 0.15) is 0 Å². The van der Waals surface area contributed by atoms with Gasteiger partial charge in [-0.15, -0.1) is 5.10 Å². The Bertz CT molecular complexity index is 933. The number of hydrogen-bond acceptors (Lipinski definition) is 4. The highest BCUT2D eigenvalue weighted by molar-refractivity contribution is 5.56. The molecule has 1 aliphatic heterocycles. The lowest BCUT2D eigenvalue weighted by Gasteiger charge is -2.22. The molecular weight excluding hydrogens is 367 g/mol. The lowest BCUT2D eigenvalue weighted by atomic mass is 9.93. The highest BCUT2D eigenvalue weighted by atomic mass is 19.3. The van der Waals surface area contributed by atoms with Gasteiger partial charge in [-0.3, -0.25) is 0 Å². The van der Waals surface area contributed by atoms with Gasteiger partial charge in [-0.2, -0.15) is 13.8 Å². The molecule has 148 valence electrons. The van der Waals surface area contributed by atoms with Crippen LogP contribution >= 0.6 is 0 Å². The van der Waals surface area contributed by atoms with Gasteiger partial charge in [0.25, 0.3) is 0 Å². The van der Waals surface area contributed by atoms with Gasteiger partial charge in [-0.25, -0.2) is 8.91 Å². The van der Waals surface area contributed by atoms with Gasteiger partial charge < -0.3 is 10.6 Å². The molecule has 8 heteroatoms. The van der Waals surface area contributed by atoms with E-state index in [-0.39, 0.29) is 5.56 Å². The third-order valence-electron chi connectivity index (χ3n) is 5.13. The zero-order valence-corrected chi connectivity index (χ0v) is 15.3. The van der Waals surface area contributed by atoms with Gasteiger partial charge in [-0.1, -0.05) is 18.2 Å². The van der Waals surface area contributed by atoms with Crippen molar-refractivity contribution in [3.8, 4) is 0 Å². The number of rotatable bonds is 6. The molecule has 0 radical (unpaired) electrons. The minimum Gasteiger partial charge on any atom is -0.323 e. The van der Waals surface area contributed by atoms with Crippen LogP contribution in [0.5, 0.6) is 0 Å². The second-order valence-electron chi connectivity index (χ2n) is 7.16. The Kier molecular flexibility index (Phi) is 5.21. The first-order chi connectivity index (χ1) is 13.5. The molecule has 1 fully saturated rings. The fraction of sp³-hybridized carbons (Fsp3) is 0.400. The number of fused-ring (bicyclic) bond motifs is 1. The molecule has 2 N–H and O–H groups in total. The number of anilines is 2. The first kappa shape index (κ1) is 18.7. The SMILES string of the molecule is FCC(F)(F)c1ccc(Nc2nc3cccc(CC4CCNCC4)n3n2)cc1. The topological polar surface area (TPSA) is 54.2 Å². The van der Waals surface area contributed by atoms with Crippen molar-refractivity contribution in [2.24, 2.45) is 5.92 Å². The Morgan fingerprint density at radius 1 is 1.11 bits per heavy atom. The normalized spacial score (nSPS) is 15.8. The second-order valence-corrected chi connectivity index (χ2v) is 7.16. The highest BCUT2D eigenvalue weighted by Crippen LogP contribution is 2.29. The van der Waals surface area contributed by atoms with E-state index in [0.29, 0.717) is 17.6 Å². The number of pyridine rings is 1. The van der Waals surface area contributed by atoms with Crippen molar-refractivity contribution in [1.82, 2.24) is 19.9 Å². The van der Waals surface area contributed by atoms with Crippen LogP contribution in [-0.2, 0) is 12.3 Å². The van der Waals surface area contributed by atoms with E-state index in [4.69, 9.17) is 0 Å². The van der Waals surface area contributed by atoms with Crippen LogP contribution in [0, 0.1) is 5.92 Å². The molecule has 0 amide bonds. The average molecular weight is 389 g/mol. The Balaban J connectivity index is 1.52. The maximum Gasteiger partial charge on any atom is 0.301 e. The quantitative estimate of drug-likeness (QED) is 0.667. The van der Waals surface area contributed by atoms with E-state index in [2.05, 4.69) is 26.8 Å². The summed E-state index contributed by atoms with van der Waals surface area (Å²) in [6.07, 6.45) is 3.23. The summed E-state index contributed by atoms with van der Waals surface area (Å²) in [7, 11) is 0. The third kappa shape index (κ3) is 3.96. The van der Waals surface area contributed by atoms with Crippen LogP contribution in [0.2, 0.25) is 0 Å². The molecule has 5 nitrogen and oxygen atoms in total. The van der Waals surface area contributed by atoms with Crippen molar-refractivity contribution in [3.63, 3.8) is 0 Å². The molecule has 3 aromatic rings. The number of nitrogens with zero attached hydrogens (tertiary/aromatic N) is 3. The number of benzene rings is 1. The maximum absolute atomic E-state index is 13.4. The lowest BCUT2D eigenvalue weighted by molar-refractivity contribution is -0.0280. The lowest BCUT2D eigenvalue weighted by Crippen LogP contribution is -2.29. The van der Waals surface area contributed by atoms with Crippen LogP contribution in [0.25, 0.3) is 5.65 Å². The Labute approximate surface area is 161 Å². The fourth-order valence-corrected chi connectivity index (χ4v) is 3.55. The van der Waals surface area contributed by atoms with E-state index in [1.54, 1.807) is 0 Å². The number of hydrogen-bond donors (Lipinski definition) is 2. The van der Waals surface area contributed by atoms with Gasteiger partial charge in [0.15, 0.2) is 12.3 Å². The van der Waals surface area contributed by atoms with E-state index in [9.17, 15) is 13.2 Å². The van der Waals surface area contributed by atoms with Crippen molar-refractivity contribution in [2.45, 2.75) is 25.2 Å². The second kappa shape index (κ2) is 7.79. The minimum atomic E-state index is -3.47. The van der Waals surface area contributed by atoms with Crippen molar-refractivity contribution >= 4 is 17.3 Å². The zero-order chi connectivity index (χ0) is 19.6. The van der Waals surface area contributed by atoms with Gasteiger partial charge in [0, 0.05) is 16.9 Å². The van der Waals surface area contributed by atoms with Gasteiger partial charge in [0.05, 0.1) is 0 Å². The van der Waals surface area contributed by atoms with Crippen LogP contribution in [0.4, 0.5) is 24.8 Å². The number of alkyl halides is 3. The van der Waals surface area contributed by atoms with E-state index in [1.807, 2.05) is 16.6 Å². The standard InChI is InChI=1S/C20H22F3N5/c21-13-20(22,23)15-4-6-16(7-5-15)25-19-26-18-3-1-2-17(28(18)27-19)12-14-8-10-24-11-9-14/h1-7,14,24H,8-13H2,(H,25,27). The van der Waals surface area contributed by atoms with Crippen molar-refractivity contribution in [3.05, 3.63) is 53.7 Å². The molecule has 0 aliphatic carbocycles. The first-order valence-corrected chi connectivity index (χ1v) is 9.42. The smallest absolute Gasteiger partial charge is 0.301 e. The van der Waals surface area contributed by atoms with Crippen LogP contribution < -0.4 is 10.6 Å². The Hall–Kier alpha value is -2.61. The molecule has 0 bridgehead atoms. The van der Waals surface area contributed by atoms with Crippen molar-refractivity contribution < 1.29 is 13.2 Å². The molecule has 0 saturated carbocycles. The molecule has 3 heterocycles. The maximum atomic E-state index is 13.4. The van der Waals surface area contributed by atoms with E-state index < -0.39 is 12.6 Å². The summed E-state index contributed by atoms with van der Waals surface area (Å²) in [6.45, 7) is 0.373. The molecule has 0 unspecified atom stereocenters. The summed E-state index contributed by atoms with van der Waals surface area (Å²) in [5.41, 5.74) is 2.04. The largest absolute Gasteiger partial charge is 0.323 e.